The third-order valence-electron chi connectivity index (χ3n) is 6.46. The Balaban J connectivity index is 1.52. The Morgan fingerprint density at radius 2 is 1.67 bits per heavy atom. The molecule has 39 heavy (non-hydrogen) atoms. The van der Waals surface area contributed by atoms with Gasteiger partial charge in [0.1, 0.15) is 39.0 Å². The maximum atomic E-state index is 13.3. The lowest BCUT2D eigenvalue weighted by molar-refractivity contribution is -0.141. The van der Waals surface area contributed by atoms with Crippen LogP contribution in [-0.2, 0) is 17.3 Å². The van der Waals surface area contributed by atoms with E-state index < -0.39 is 23.0 Å². The van der Waals surface area contributed by atoms with E-state index in [1.165, 1.54) is 50.8 Å². The van der Waals surface area contributed by atoms with Crippen LogP contribution in [0.1, 0.15) is 48.3 Å². The number of halogens is 3. The number of methoxy groups -OCH3 is 1. The molecule has 3 aromatic heterocycles. The molecule has 196 valence electrons. The highest BCUT2D eigenvalue weighted by Gasteiger charge is 2.37. The molecule has 0 bridgehead atoms. The number of aliphatic hydroxyl groups is 2. The first kappa shape index (κ1) is 26.8. The summed E-state index contributed by atoms with van der Waals surface area (Å²) in [6, 6.07) is 7.40. The normalized spacial score (nSPS) is 15.7. The van der Waals surface area contributed by atoms with E-state index >= 15 is 0 Å². The molecule has 1 aliphatic carbocycles. The molecular weight excluding hydrogens is 511 g/mol. The molecule has 3 heterocycles. The first-order valence-corrected chi connectivity index (χ1v) is 11.8. The molecular formula is C25H21B2F3N6O3. The lowest BCUT2D eigenvalue weighted by atomic mass is 9.73. The molecule has 0 amide bonds. The predicted molar refractivity (Wildman–Crippen MR) is 135 cm³/mol. The zero-order valence-electron chi connectivity index (χ0n) is 20.9. The zero-order valence-corrected chi connectivity index (χ0v) is 20.9. The number of imidazole rings is 1. The number of benzene rings is 1. The smallest absolute Gasteiger partial charge is 0.434 e. The molecule has 0 saturated heterocycles. The van der Waals surface area contributed by atoms with Gasteiger partial charge in [-0.2, -0.15) is 13.2 Å². The second kappa shape index (κ2) is 9.45. The number of hydrogen-bond donors (Lipinski definition) is 2. The summed E-state index contributed by atoms with van der Waals surface area (Å²) in [7, 11) is 12.4. The quantitative estimate of drug-likeness (QED) is 0.349. The topological polar surface area (TPSA) is 119 Å². The molecule has 1 aliphatic rings. The van der Waals surface area contributed by atoms with Crippen molar-refractivity contribution in [2.75, 3.05) is 7.11 Å². The van der Waals surface area contributed by atoms with Gasteiger partial charge in [0.15, 0.2) is 11.5 Å². The minimum absolute atomic E-state index is 0.169. The van der Waals surface area contributed by atoms with Crippen molar-refractivity contribution in [1.29, 1.82) is 0 Å². The van der Waals surface area contributed by atoms with Gasteiger partial charge in [0.25, 0.3) is 0 Å². The van der Waals surface area contributed by atoms with E-state index in [2.05, 4.69) is 24.9 Å². The van der Waals surface area contributed by atoms with E-state index in [-0.39, 0.29) is 28.8 Å². The minimum atomic E-state index is -4.79. The van der Waals surface area contributed by atoms with Crippen molar-refractivity contribution in [3.8, 4) is 28.7 Å². The van der Waals surface area contributed by atoms with Crippen molar-refractivity contribution in [2.45, 2.75) is 43.0 Å². The Morgan fingerprint density at radius 1 is 0.974 bits per heavy atom. The lowest BCUT2D eigenvalue weighted by Gasteiger charge is -2.25. The van der Waals surface area contributed by atoms with E-state index in [0.717, 1.165) is 18.5 Å². The van der Waals surface area contributed by atoms with Crippen LogP contribution in [0, 0.1) is 0 Å². The van der Waals surface area contributed by atoms with Crippen LogP contribution in [0.25, 0.3) is 22.8 Å². The van der Waals surface area contributed by atoms with Crippen LogP contribution in [0.15, 0.2) is 49.1 Å². The zero-order chi connectivity index (χ0) is 28.2. The molecule has 1 atom stereocenters. The van der Waals surface area contributed by atoms with Gasteiger partial charge in [-0.15, -0.1) is 0 Å². The minimum Gasteiger partial charge on any atom is -0.480 e. The largest absolute Gasteiger partial charge is 0.480 e. The molecule has 0 aliphatic heterocycles. The second-order valence-corrected chi connectivity index (χ2v) is 9.43. The van der Waals surface area contributed by atoms with Crippen molar-refractivity contribution in [3.05, 3.63) is 71.7 Å². The van der Waals surface area contributed by atoms with Crippen molar-refractivity contribution in [2.24, 2.45) is 0 Å². The average Bonchev–Trinajstić information content (AvgIpc) is 3.63. The van der Waals surface area contributed by atoms with Crippen molar-refractivity contribution < 1.29 is 28.1 Å². The fourth-order valence-corrected chi connectivity index (χ4v) is 4.25. The summed E-state index contributed by atoms with van der Waals surface area (Å²) in [6.45, 7) is 1.52. The van der Waals surface area contributed by atoms with Crippen LogP contribution in [0.4, 0.5) is 13.2 Å². The third kappa shape index (κ3) is 5.13. The van der Waals surface area contributed by atoms with Gasteiger partial charge in [0, 0.05) is 23.9 Å². The SMILES string of the molecule is [B]C([B])(O)n1cc(C(F)(F)F)nc1-c1ccc(C(C)(O)c2ccnc(-c3c(OC)ncnc3C3CC3)n2)cc1. The summed E-state index contributed by atoms with van der Waals surface area (Å²) < 4.78 is 45.9. The number of alkyl halides is 3. The Labute approximate surface area is 224 Å². The van der Waals surface area contributed by atoms with E-state index in [9.17, 15) is 23.4 Å². The highest BCUT2D eigenvalue weighted by molar-refractivity contribution is 6.36. The van der Waals surface area contributed by atoms with Gasteiger partial charge >= 0.3 is 6.18 Å². The maximum Gasteiger partial charge on any atom is 0.434 e. The Bertz CT molecular complexity index is 1520. The first-order chi connectivity index (χ1) is 18.3. The van der Waals surface area contributed by atoms with Gasteiger partial charge in [-0.1, -0.05) is 24.3 Å². The van der Waals surface area contributed by atoms with E-state index in [0.29, 0.717) is 27.8 Å². The number of nitrogens with zero attached hydrogens (tertiary/aromatic N) is 6. The number of hydrogen-bond acceptors (Lipinski definition) is 8. The van der Waals surface area contributed by atoms with Gasteiger partial charge in [0.05, 0.1) is 24.0 Å². The van der Waals surface area contributed by atoms with E-state index in [1.807, 2.05) is 0 Å². The number of rotatable bonds is 7. The molecule has 1 saturated carbocycles. The third-order valence-corrected chi connectivity index (χ3v) is 6.46. The first-order valence-electron chi connectivity index (χ1n) is 11.8. The average molecular weight is 532 g/mol. The highest BCUT2D eigenvalue weighted by atomic mass is 19.4. The summed E-state index contributed by atoms with van der Waals surface area (Å²) in [5.74, 6) is 0.550. The molecule has 2 N–H and O–H groups in total. The standard InChI is InChI=1S/C25H21B2F3N6O3/c1-23(37,16-9-10-31-20(34-16)18-19(13-3-4-13)32-12-33-22(18)39-2)15-7-5-14(6-8-15)21-35-17(24(28,29)30)11-36(21)25(26,27)38/h5-13,37-38H,3-4H2,1-2H3. The fraction of sp³-hybridized carbons (Fsp3) is 0.320. The maximum absolute atomic E-state index is 13.3. The summed E-state index contributed by atoms with van der Waals surface area (Å²) in [5.41, 5.74) is -3.41. The molecule has 5 rings (SSSR count). The highest BCUT2D eigenvalue weighted by Crippen LogP contribution is 2.45. The Morgan fingerprint density at radius 3 is 2.26 bits per heavy atom. The van der Waals surface area contributed by atoms with Crippen LogP contribution in [0.3, 0.4) is 0 Å². The number of aromatic nitrogens is 6. The van der Waals surface area contributed by atoms with Gasteiger partial charge in [-0.25, -0.2) is 24.9 Å². The van der Waals surface area contributed by atoms with Gasteiger partial charge < -0.3 is 19.5 Å². The Kier molecular flexibility index (Phi) is 6.50. The molecule has 14 heteroatoms. The second-order valence-electron chi connectivity index (χ2n) is 9.43. The molecule has 9 nitrogen and oxygen atoms in total. The predicted octanol–water partition coefficient (Wildman–Crippen LogP) is 2.85. The monoisotopic (exact) mass is 532 g/mol. The van der Waals surface area contributed by atoms with Crippen LogP contribution < -0.4 is 4.74 Å². The fourth-order valence-electron chi connectivity index (χ4n) is 4.25. The van der Waals surface area contributed by atoms with Crippen molar-refractivity contribution >= 4 is 15.7 Å². The van der Waals surface area contributed by atoms with E-state index in [4.69, 9.17) is 20.4 Å². The summed E-state index contributed by atoms with van der Waals surface area (Å²) in [6.07, 6.45) is 0.625. The summed E-state index contributed by atoms with van der Waals surface area (Å²) in [4.78, 5) is 21.1. The Hall–Kier alpha value is -3.77. The summed E-state index contributed by atoms with van der Waals surface area (Å²) in [5, 5.41) is 21.5. The molecule has 1 aromatic carbocycles. The van der Waals surface area contributed by atoms with Crippen LogP contribution in [0.2, 0.25) is 0 Å². The van der Waals surface area contributed by atoms with Crippen LogP contribution in [0.5, 0.6) is 5.88 Å². The van der Waals surface area contributed by atoms with Crippen LogP contribution in [-0.4, -0.2) is 62.5 Å². The van der Waals surface area contributed by atoms with Gasteiger partial charge in [0.2, 0.25) is 5.88 Å². The number of ether oxygens (including phenoxy) is 1. The van der Waals surface area contributed by atoms with Gasteiger partial charge in [-0.05, 0) is 31.4 Å². The lowest BCUT2D eigenvalue weighted by Crippen LogP contribution is -2.34. The molecule has 1 unspecified atom stereocenters. The molecule has 1 fully saturated rings. The van der Waals surface area contributed by atoms with Crippen molar-refractivity contribution in [3.63, 3.8) is 0 Å². The van der Waals surface area contributed by atoms with Crippen LogP contribution >= 0.6 is 0 Å². The summed E-state index contributed by atoms with van der Waals surface area (Å²) >= 11 is 0. The van der Waals surface area contributed by atoms with E-state index in [1.54, 1.807) is 6.07 Å². The molecule has 0 spiro atoms. The molecule has 4 radical (unpaired) electrons. The van der Waals surface area contributed by atoms with Gasteiger partial charge in [-0.3, -0.25) is 0 Å². The van der Waals surface area contributed by atoms with Crippen molar-refractivity contribution in [1.82, 2.24) is 29.5 Å². The molecule has 4 aromatic rings.